The van der Waals surface area contributed by atoms with Crippen molar-refractivity contribution in [1.82, 2.24) is 9.80 Å². The number of carbonyl (C=O) groups excluding carboxylic acids is 2. The van der Waals surface area contributed by atoms with Crippen LogP contribution in [0.3, 0.4) is 0 Å². The number of rotatable bonds is 3. The lowest BCUT2D eigenvalue weighted by atomic mass is 10.1. The minimum atomic E-state index is -0.180. The molecule has 1 heterocycles. The second-order valence-corrected chi connectivity index (χ2v) is 4.71. The summed E-state index contributed by atoms with van der Waals surface area (Å²) in [6.07, 6.45) is 2.25. The van der Waals surface area contributed by atoms with Gasteiger partial charge in [-0.2, -0.15) is 0 Å². The molecule has 2 amide bonds. The van der Waals surface area contributed by atoms with Crippen molar-refractivity contribution in [2.45, 2.75) is 25.8 Å². The van der Waals surface area contributed by atoms with Crippen LogP contribution in [0.25, 0.3) is 0 Å². The smallest absolute Gasteiger partial charge is 0.242 e. The third kappa shape index (κ3) is 3.10. The number of hydrogen-bond acceptors (Lipinski definition) is 3. The summed E-state index contributed by atoms with van der Waals surface area (Å²) in [5.41, 5.74) is 5.46. The molecule has 0 radical (unpaired) electrons. The number of hydrogen-bond donors (Lipinski definition) is 1. The maximum atomic E-state index is 11.8. The predicted octanol–water partition coefficient (Wildman–Crippen LogP) is -0.164. The highest BCUT2D eigenvalue weighted by atomic mass is 35.5. The van der Waals surface area contributed by atoms with E-state index in [-0.39, 0.29) is 36.7 Å². The fourth-order valence-corrected chi connectivity index (χ4v) is 2.06. The molecule has 1 atom stereocenters. The molecule has 0 spiro atoms. The van der Waals surface area contributed by atoms with Gasteiger partial charge < -0.3 is 15.5 Å². The van der Waals surface area contributed by atoms with E-state index in [1.807, 2.05) is 4.90 Å². The second kappa shape index (κ2) is 5.69. The van der Waals surface area contributed by atoms with Gasteiger partial charge in [-0.05, 0) is 12.8 Å². The van der Waals surface area contributed by atoms with Crippen molar-refractivity contribution < 1.29 is 9.59 Å². The van der Waals surface area contributed by atoms with Gasteiger partial charge in [-0.3, -0.25) is 9.59 Å². The van der Waals surface area contributed by atoms with Crippen LogP contribution < -0.4 is 5.73 Å². The Morgan fingerprint density at radius 1 is 1.47 bits per heavy atom. The summed E-state index contributed by atoms with van der Waals surface area (Å²) in [5.74, 6) is -0.0853. The molecule has 2 fully saturated rings. The maximum absolute atomic E-state index is 11.8. The number of nitrogens with two attached hydrogens (primary N) is 1. The Morgan fingerprint density at radius 3 is 2.59 bits per heavy atom. The Morgan fingerprint density at radius 2 is 2.12 bits per heavy atom. The molecule has 1 saturated heterocycles. The van der Waals surface area contributed by atoms with Gasteiger partial charge in [0.1, 0.15) is 0 Å². The molecule has 1 unspecified atom stereocenters. The highest BCUT2D eigenvalue weighted by Gasteiger charge is 2.37. The van der Waals surface area contributed by atoms with Crippen molar-refractivity contribution in [3.05, 3.63) is 0 Å². The Kier molecular flexibility index (Phi) is 4.77. The summed E-state index contributed by atoms with van der Waals surface area (Å²) < 4.78 is 0. The van der Waals surface area contributed by atoms with E-state index in [1.54, 1.807) is 11.8 Å². The van der Waals surface area contributed by atoms with E-state index in [0.717, 1.165) is 12.8 Å². The van der Waals surface area contributed by atoms with Gasteiger partial charge in [-0.1, -0.05) is 6.92 Å². The minimum absolute atomic E-state index is 0. The Bertz CT molecular complexity index is 307. The summed E-state index contributed by atoms with van der Waals surface area (Å²) in [7, 11) is 0. The largest absolute Gasteiger partial charge is 0.336 e. The zero-order chi connectivity index (χ0) is 11.7. The molecule has 1 saturated carbocycles. The first-order chi connectivity index (χ1) is 7.63. The van der Waals surface area contributed by atoms with Crippen molar-refractivity contribution in [2.75, 3.05) is 26.2 Å². The molecule has 6 heteroatoms. The van der Waals surface area contributed by atoms with E-state index in [4.69, 9.17) is 5.73 Å². The summed E-state index contributed by atoms with van der Waals surface area (Å²) in [6.45, 7) is 3.73. The topological polar surface area (TPSA) is 66.6 Å². The van der Waals surface area contributed by atoms with Crippen molar-refractivity contribution in [3.8, 4) is 0 Å². The van der Waals surface area contributed by atoms with Gasteiger partial charge in [-0.25, -0.2) is 0 Å². The highest BCUT2D eigenvalue weighted by molar-refractivity contribution is 5.87. The second-order valence-electron chi connectivity index (χ2n) is 4.71. The minimum Gasteiger partial charge on any atom is -0.336 e. The summed E-state index contributed by atoms with van der Waals surface area (Å²) in [4.78, 5) is 27.2. The molecule has 0 aromatic carbocycles. The number of piperazine rings is 1. The van der Waals surface area contributed by atoms with Crippen LogP contribution in [0.4, 0.5) is 0 Å². The van der Waals surface area contributed by atoms with Crippen molar-refractivity contribution in [3.63, 3.8) is 0 Å². The van der Waals surface area contributed by atoms with Gasteiger partial charge in [0, 0.05) is 31.6 Å². The summed E-state index contributed by atoms with van der Waals surface area (Å²) in [6, 6.07) is 0.455. The third-order valence-electron chi connectivity index (χ3n) is 3.33. The molecule has 0 aromatic rings. The molecule has 2 rings (SSSR count). The fourth-order valence-electron chi connectivity index (χ4n) is 2.06. The van der Waals surface area contributed by atoms with Gasteiger partial charge in [0.2, 0.25) is 11.8 Å². The Balaban J connectivity index is 0.00000144. The van der Waals surface area contributed by atoms with Gasteiger partial charge >= 0.3 is 0 Å². The van der Waals surface area contributed by atoms with Gasteiger partial charge in [-0.15, -0.1) is 12.4 Å². The molecule has 2 N–H and O–H groups in total. The first-order valence-corrected chi connectivity index (χ1v) is 5.91. The predicted molar refractivity (Wildman–Crippen MR) is 66.8 cm³/mol. The molecule has 1 aliphatic carbocycles. The van der Waals surface area contributed by atoms with Gasteiger partial charge in [0.15, 0.2) is 0 Å². The third-order valence-corrected chi connectivity index (χ3v) is 3.33. The first-order valence-electron chi connectivity index (χ1n) is 5.91. The number of nitrogens with zero attached hydrogens (tertiary/aromatic N) is 2. The zero-order valence-electron chi connectivity index (χ0n) is 10.1. The monoisotopic (exact) mass is 261 g/mol. The quantitative estimate of drug-likeness (QED) is 0.768. The van der Waals surface area contributed by atoms with Crippen LogP contribution in [0.15, 0.2) is 0 Å². The maximum Gasteiger partial charge on any atom is 0.242 e. The lowest BCUT2D eigenvalue weighted by Gasteiger charge is -2.35. The van der Waals surface area contributed by atoms with Crippen molar-refractivity contribution in [2.24, 2.45) is 11.7 Å². The van der Waals surface area contributed by atoms with E-state index < -0.39 is 0 Å². The number of amides is 2. The van der Waals surface area contributed by atoms with Crippen LogP contribution in [0.1, 0.15) is 19.8 Å². The lowest BCUT2D eigenvalue weighted by Crippen LogP contribution is -2.54. The van der Waals surface area contributed by atoms with Crippen molar-refractivity contribution in [1.29, 1.82) is 0 Å². The van der Waals surface area contributed by atoms with Crippen LogP contribution in [-0.4, -0.2) is 53.8 Å². The molecule has 17 heavy (non-hydrogen) atoms. The highest BCUT2D eigenvalue weighted by Crippen LogP contribution is 2.28. The molecule has 5 nitrogen and oxygen atoms in total. The van der Waals surface area contributed by atoms with Crippen LogP contribution in [0, 0.1) is 5.92 Å². The average molecular weight is 262 g/mol. The zero-order valence-corrected chi connectivity index (χ0v) is 10.9. The first kappa shape index (κ1) is 14.3. The Labute approximate surface area is 108 Å². The van der Waals surface area contributed by atoms with Crippen LogP contribution in [0.2, 0.25) is 0 Å². The number of carbonyl (C=O) groups is 2. The van der Waals surface area contributed by atoms with E-state index in [1.165, 1.54) is 0 Å². The Hall–Kier alpha value is -0.810. The van der Waals surface area contributed by atoms with Gasteiger partial charge in [0.05, 0.1) is 6.54 Å². The average Bonchev–Trinajstić information content (AvgIpc) is 3.10. The van der Waals surface area contributed by atoms with Crippen molar-refractivity contribution >= 4 is 24.2 Å². The van der Waals surface area contributed by atoms with Crippen LogP contribution >= 0.6 is 12.4 Å². The van der Waals surface area contributed by atoms with E-state index in [2.05, 4.69) is 0 Å². The van der Waals surface area contributed by atoms with E-state index >= 15 is 0 Å². The molecule has 0 aromatic heterocycles. The SMILES string of the molecule is CC(CN)C(=O)N1CCN(C2CC2)C(=O)C1.Cl. The number of halogens is 1. The molecule has 0 bridgehead atoms. The normalized spacial score (nSPS) is 22.1. The summed E-state index contributed by atoms with van der Waals surface area (Å²) in [5, 5.41) is 0. The van der Waals surface area contributed by atoms with Crippen LogP contribution in [-0.2, 0) is 9.59 Å². The molecular weight excluding hydrogens is 242 g/mol. The fraction of sp³-hybridized carbons (Fsp3) is 0.818. The molecule has 98 valence electrons. The lowest BCUT2D eigenvalue weighted by molar-refractivity contribution is -0.147. The van der Waals surface area contributed by atoms with E-state index in [0.29, 0.717) is 25.7 Å². The van der Waals surface area contributed by atoms with E-state index in [9.17, 15) is 9.59 Å². The van der Waals surface area contributed by atoms with Gasteiger partial charge in [0.25, 0.3) is 0 Å². The summed E-state index contributed by atoms with van der Waals surface area (Å²) >= 11 is 0. The molecular formula is C11H20ClN3O2. The standard InChI is InChI=1S/C11H19N3O2.ClH/c1-8(6-12)11(16)13-4-5-14(9-2-3-9)10(15)7-13;/h8-9H,2-7,12H2,1H3;1H. The van der Waals surface area contributed by atoms with Crippen LogP contribution in [0.5, 0.6) is 0 Å². The molecule has 1 aliphatic heterocycles. The molecule has 2 aliphatic rings.